The van der Waals surface area contributed by atoms with Crippen molar-refractivity contribution in [3.05, 3.63) is 0 Å². The van der Waals surface area contributed by atoms with Gasteiger partial charge in [-0.15, -0.1) is 11.6 Å². The summed E-state index contributed by atoms with van der Waals surface area (Å²) in [5.74, 6) is 0.611. The van der Waals surface area contributed by atoms with E-state index in [4.69, 9.17) is 34.8 Å². The summed E-state index contributed by atoms with van der Waals surface area (Å²) in [5, 5.41) is 0.531. The van der Waals surface area contributed by atoms with Crippen LogP contribution < -0.4 is 0 Å². The molecule has 70 valence electrons. The summed E-state index contributed by atoms with van der Waals surface area (Å²) in [6.45, 7) is 0. The fourth-order valence-corrected chi connectivity index (χ4v) is 0. The molecule has 0 heterocycles. The van der Waals surface area contributed by atoms with E-state index in [1.807, 2.05) is 0 Å². The zero-order valence-electron chi connectivity index (χ0n) is 5.14. The maximum absolute atomic E-state index is 5.35. The van der Waals surface area contributed by atoms with Crippen LogP contribution in [0.25, 0.3) is 0 Å². The fourth-order valence-electron chi connectivity index (χ4n) is 0. The molecular formula is C4H5Br4Cl3. The highest BCUT2D eigenvalue weighted by molar-refractivity contribution is 9.24. The van der Waals surface area contributed by atoms with E-state index in [1.54, 1.807) is 0 Å². The normalized spacial score (nSPS) is 10.9. The minimum absolute atomic E-state index is 0.275. The van der Waals surface area contributed by atoms with Crippen molar-refractivity contribution in [3.63, 3.8) is 0 Å². The zero-order chi connectivity index (χ0) is 9.49. The minimum Gasteiger partial charge on any atom is -0.125 e. The zero-order valence-corrected chi connectivity index (χ0v) is 13.7. The second kappa shape index (κ2) is 9.35. The number of hydrogen-bond donors (Lipinski definition) is 0. The Labute approximate surface area is 115 Å². The average Bonchev–Trinajstić information content (AvgIpc) is 1.88. The van der Waals surface area contributed by atoms with Gasteiger partial charge in [-0.25, -0.2) is 0 Å². The molecular weight excluding hydrogens is 474 g/mol. The van der Waals surface area contributed by atoms with Crippen LogP contribution in [0.15, 0.2) is 0 Å². The molecule has 0 aliphatic rings. The van der Waals surface area contributed by atoms with E-state index in [2.05, 4.69) is 63.7 Å². The molecule has 0 atom stereocenters. The summed E-state index contributed by atoms with van der Waals surface area (Å²) >= 11 is 28.3. The maximum atomic E-state index is 5.35. The van der Waals surface area contributed by atoms with E-state index in [9.17, 15) is 0 Å². The van der Waals surface area contributed by atoms with E-state index in [-0.39, 0.29) is 3.74 Å². The van der Waals surface area contributed by atoms with Gasteiger partial charge < -0.3 is 0 Å². The van der Waals surface area contributed by atoms with Crippen molar-refractivity contribution in [1.82, 2.24) is 0 Å². The number of alkyl halides is 7. The standard InChI is InChI=1S/C2H2Br2Cl2.C2H3Br2Cl/c3-1-2(4,5)6;3-2(4)1-5/h1H2;2H,1H2. The lowest BCUT2D eigenvalue weighted by Gasteiger charge is -2.01. The number of hydrogen-bond acceptors (Lipinski definition) is 0. The Bertz CT molecular complexity index is 81.9. The fraction of sp³-hybridized carbons (Fsp3) is 1.00. The summed E-state index contributed by atoms with van der Waals surface area (Å²) < 4.78 is -0.510. The highest BCUT2D eigenvalue weighted by atomic mass is 79.9. The molecule has 11 heavy (non-hydrogen) atoms. The van der Waals surface area contributed by atoms with Gasteiger partial charge in [-0.3, -0.25) is 0 Å². The van der Waals surface area contributed by atoms with Crippen molar-refractivity contribution in [1.29, 1.82) is 0 Å². The van der Waals surface area contributed by atoms with Gasteiger partial charge in [-0.05, 0) is 15.9 Å². The number of halogens is 7. The summed E-state index contributed by atoms with van der Waals surface area (Å²) in [6, 6.07) is 0. The van der Waals surface area contributed by atoms with Crippen LogP contribution in [-0.4, -0.2) is 18.2 Å². The van der Waals surface area contributed by atoms with Gasteiger partial charge in [0.05, 0.1) is 3.74 Å². The first-order valence-corrected chi connectivity index (χ1v) is 7.34. The lowest BCUT2D eigenvalue weighted by Crippen LogP contribution is -1.99. The van der Waals surface area contributed by atoms with Gasteiger partial charge in [-0.2, -0.15) is 0 Å². The Morgan fingerprint density at radius 3 is 1.45 bits per heavy atom. The molecule has 0 aromatic rings. The van der Waals surface area contributed by atoms with Crippen LogP contribution in [0.4, 0.5) is 0 Å². The Kier molecular flexibility index (Phi) is 13.8. The molecule has 0 aromatic heterocycles. The van der Waals surface area contributed by atoms with E-state index in [0.29, 0.717) is 11.2 Å². The largest absolute Gasteiger partial charge is 0.181 e. The molecule has 0 N–H and O–H groups in total. The van der Waals surface area contributed by atoms with Gasteiger partial charge in [0.2, 0.25) is 0 Å². The van der Waals surface area contributed by atoms with Gasteiger partial charge in [0.15, 0.2) is 3.24 Å². The van der Waals surface area contributed by atoms with Gasteiger partial charge in [0, 0.05) is 11.2 Å². The lowest BCUT2D eigenvalue weighted by molar-refractivity contribution is 1.36. The molecule has 0 rings (SSSR count). The molecule has 0 saturated carbocycles. The molecule has 0 aliphatic heterocycles. The first kappa shape index (κ1) is 16.2. The van der Waals surface area contributed by atoms with Crippen molar-refractivity contribution >= 4 is 98.5 Å². The monoisotopic (exact) mass is 474 g/mol. The molecule has 0 aromatic carbocycles. The second-order valence-corrected chi connectivity index (χ2v) is 9.35. The highest BCUT2D eigenvalue weighted by Gasteiger charge is 2.14. The minimum atomic E-state index is -0.785. The van der Waals surface area contributed by atoms with Crippen LogP contribution in [0.1, 0.15) is 0 Å². The van der Waals surface area contributed by atoms with Gasteiger partial charge in [0.25, 0.3) is 0 Å². The van der Waals surface area contributed by atoms with Crippen molar-refractivity contribution in [2.24, 2.45) is 0 Å². The van der Waals surface area contributed by atoms with Crippen molar-refractivity contribution in [2.45, 2.75) is 6.98 Å². The molecule has 0 spiro atoms. The van der Waals surface area contributed by atoms with E-state index >= 15 is 0 Å². The predicted molar refractivity (Wildman–Crippen MR) is 69.5 cm³/mol. The molecule has 0 fully saturated rings. The van der Waals surface area contributed by atoms with Crippen LogP contribution in [0.3, 0.4) is 0 Å². The quantitative estimate of drug-likeness (QED) is 0.475. The van der Waals surface area contributed by atoms with E-state index < -0.39 is 3.24 Å². The maximum Gasteiger partial charge on any atom is 0.181 e. The summed E-state index contributed by atoms with van der Waals surface area (Å²) in [4.78, 5) is 0. The first-order valence-electron chi connectivity index (χ1n) is 2.30. The third kappa shape index (κ3) is 24.5. The van der Waals surface area contributed by atoms with Crippen molar-refractivity contribution < 1.29 is 0 Å². The molecule has 0 nitrogen and oxygen atoms in total. The van der Waals surface area contributed by atoms with Crippen LogP contribution in [0.5, 0.6) is 0 Å². The van der Waals surface area contributed by atoms with Gasteiger partial charge >= 0.3 is 0 Å². The van der Waals surface area contributed by atoms with Crippen molar-refractivity contribution in [3.8, 4) is 0 Å². The predicted octanol–water partition coefficient (Wildman–Crippen LogP) is 5.25. The molecule has 0 unspecified atom stereocenters. The second-order valence-electron chi connectivity index (χ2n) is 1.29. The lowest BCUT2D eigenvalue weighted by atomic mass is 11.0. The summed E-state index contributed by atoms with van der Waals surface area (Å²) in [7, 11) is 0. The van der Waals surface area contributed by atoms with Crippen LogP contribution >= 0.6 is 98.5 Å². The third-order valence-electron chi connectivity index (χ3n) is 0.268. The SMILES string of the molecule is ClC(Cl)(Br)CBr.ClCC(Br)Br. The Balaban J connectivity index is 0. The highest BCUT2D eigenvalue weighted by Crippen LogP contribution is 2.29. The molecule has 7 heteroatoms. The van der Waals surface area contributed by atoms with Gasteiger partial charge in [-0.1, -0.05) is 71.0 Å². The van der Waals surface area contributed by atoms with Crippen molar-refractivity contribution in [2.75, 3.05) is 11.2 Å². The van der Waals surface area contributed by atoms with E-state index in [1.165, 1.54) is 0 Å². The topological polar surface area (TPSA) is 0 Å². The molecule has 0 amide bonds. The summed E-state index contributed by atoms with van der Waals surface area (Å²) in [5.41, 5.74) is 0. The Morgan fingerprint density at radius 1 is 1.27 bits per heavy atom. The van der Waals surface area contributed by atoms with Crippen LogP contribution in [0.2, 0.25) is 0 Å². The molecule has 0 aliphatic carbocycles. The third-order valence-corrected chi connectivity index (χ3v) is 4.76. The molecule has 0 bridgehead atoms. The van der Waals surface area contributed by atoms with Gasteiger partial charge in [0.1, 0.15) is 0 Å². The average molecular weight is 479 g/mol. The molecule has 0 radical (unpaired) electrons. The molecule has 0 saturated heterocycles. The first-order chi connectivity index (χ1) is 4.83. The Hall–Kier alpha value is 2.79. The number of rotatable bonds is 2. The smallest absolute Gasteiger partial charge is 0.125 e. The van der Waals surface area contributed by atoms with E-state index in [0.717, 1.165) is 0 Å². The van der Waals surface area contributed by atoms with Crippen LogP contribution in [0, 0.1) is 0 Å². The summed E-state index contributed by atoms with van der Waals surface area (Å²) in [6.07, 6.45) is 0. The van der Waals surface area contributed by atoms with Crippen LogP contribution in [-0.2, 0) is 0 Å². The Morgan fingerprint density at radius 2 is 1.45 bits per heavy atom.